The zero-order valence-electron chi connectivity index (χ0n) is 13.7. The molecule has 1 heterocycles. The number of halogens is 4. The molecule has 0 atom stereocenters. The van der Waals surface area contributed by atoms with E-state index in [0.717, 1.165) is 12.1 Å². The first-order chi connectivity index (χ1) is 12.2. The van der Waals surface area contributed by atoms with Crippen molar-refractivity contribution in [2.75, 3.05) is 19.5 Å². The van der Waals surface area contributed by atoms with Gasteiger partial charge in [-0.3, -0.25) is 4.79 Å². The number of amides is 1. The molecule has 2 aromatic carbocycles. The van der Waals surface area contributed by atoms with Gasteiger partial charge in [-0.25, -0.2) is 0 Å². The van der Waals surface area contributed by atoms with Crippen molar-refractivity contribution in [1.82, 2.24) is 0 Å². The minimum Gasteiger partial charge on any atom is -0.496 e. The molecule has 1 aliphatic rings. The quantitative estimate of drug-likeness (QED) is 0.702. The van der Waals surface area contributed by atoms with Gasteiger partial charge in [0, 0.05) is 28.5 Å². The van der Waals surface area contributed by atoms with E-state index in [0.29, 0.717) is 27.1 Å². The van der Waals surface area contributed by atoms with Gasteiger partial charge in [0.05, 0.1) is 24.3 Å². The Labute approximate surface area is 155 Å². The van der Waals surface area contributed by atoms with Gasteiger partial charge in [0.15, 0.2) is 0 Å². The second-order valence-electron chi connectivity index (χ2n) is 5.50. The number of hydrogen-bond acceptors (Lipinski definition) is 3. The van der Waals surface area contributed by atoms with Crippen LogP contribution in [0.2, 0.25) is 0 Å². The highest BCUT2D eigenvalue weighted by Gasteiger charge is 2.33. The fourth-order valence-corrected chi connectivity index (χ4v) is 3.19. The third kappa shape index (κ3) is 3.29. The lowest BCUT2D eigenvalue weighted by atomic mass is 10.0. The first kappa shape index (κ1) is 18.3. The third-order valence-corrected chi connectivity index (χ3v) is 4.55. The summed E-state index contributed by atoms with van der Waals surface area (Å²) < 4.78 is 49.7. The van der Waals surface area contributed by atoms with Gasteiger partial charge in [-0.15, -0.1) is 0 Å². The minimum atomic E-state index is -4.48. The predicted octanol–water partition coefficient (Wildman–Crippen LogP) is 4.98. The van der Waals surface area contributed by atoms with Crippen LogP contribution in [0.15, 0.2) is 34.8 Å². The average Bonchev–Trinajstić information content (AvgIpc) is 2.89. The molecule has 0 unspecified atom stereocenters. The largest absolute Gasteiger partial charge is 0.496 e. The predicted molar refractivity (Wildman–Crippen MR) is 95.2 cm³/mol. The number of benzene rings is 2. The molecule has 26 heavy (non-hydrogen) atoms. The number of carbonyl (C=O) groups excluding carboxylic acids is 1. The molecular formula is C18H13BrF3NO3. The van der Waals surface area contributed by atoms with E-state index in [1.165, 1.54) is 20.3 Å². The van der Waals surface area contributed by atoms with Gasteiger partial charge in [-0.05, 0) is 40.2 Å². The Balaban J connectivity index is 2.09. The SMILES string of the molecule is COc1cc(OC)c(/C=C2\C(=O)Nc3cc(C(F)(F)F)ccc32)cc1Br. The molecule has 1 amide bonds. The molecule has 2 aromatic rings. The normalized spacial score (nSPS) is 15.0. The third-order valence-electron chi connectivity index (χ3n) is 3.93. The summed E-state index contributed by atoms with van der Waals surface area (Å²) >= 11 is 3.36. The Hall–Kier alpha value is -2.48. The number of ether oxygens (including phenoxy) is 2. The molecular weight excluding hydrogens is 415 g/mol. The molecule has 0 saturated heterocycles. The van der Waals surface area contributed by atoms with Gasteiger partial charge >= 0.3 is 6.18 Å². The van der Waals surface area contributed by atoms with E-state index in [1.807, 2.05) is 0 Å². The second-order valence-corrected chi connectivity index (χ2v) is 6.35. The Bertz CT molecular complexity index is 923. The molecule has 136 valence electrons. The highest BCUT2D eigenvalue weighted by Crippen LogP contribution is 2.40. The Morgan fingerprint density at radius 3 is 2.38 bits per heavy atom. The van der Waals surface area contributed by atoms with Gasteiger partial charge < -0.3 is 14.8 Å². The number of methoxy groups -OCH3 is 2. The van der Waals surface area contributed by atoms with Crippen LogP contribution in [-0.2, 0) is 11.0 Å². The van der Waals surface area contributed by atoms with Gasteiger partial charge in [0.1, 0.15) is 11.5 Å². The lowest BCUT2D eigenvalue weighted by Gasteiger charge is -2.10. The summed E-state index contributed by atoms with van der Waals surface area (Å²) in [6.07, 6.45) is -2.91. The van der Waals surface area contributed by atoms with Crippen molar-refractivity contribution in [3.63, 3.8) is 0 Å². The van der Waals surface area contributed by atoms with Crippen molar-refractivity contribution in [1.29, 1.82) is 0 Å². The van der Waals surface area contributed by atoms with Crippen LogP contribution in [0.1, 0.15) is 16.7 Å². The summed E-state index contributed by atoms with van der Waals surface area (Å²) in [5.41, 5.74) is 0.546. The molecule has 0 aliphatic carbocycles. The van der Waals surface area contributed by atoms with Crippen LogP contribution in [0.3, 0.4) is 0 Å². The van der Waals surface area contributed by atoms with Crippen LogP contribution in [0.4, 0.5) is 18.9 Å². The number of hydrogen-bond donors (Lipinski definition) is 1. The van der Waals surface area contributed by atoms with Gasteiger partial charge in [-0.2, -0.15) is 13.2 Å². The van der Waals surface area contributed by atoms with Crippen molar-refractivity contribution < 1.29 is 27.4 Å². The average molecular weight is 428 g/mol. The van der Waals surface area contributed by atoms with Crippen LogP contribution in [0.25, 0.3) is 11.6 Å². The van der Waals surface area contributed by atoms with E-state index in [-0.39, 0.29) is 11.3 Å². The van der Waals surface area contributed by atoms with E-state index < -0.39 is 17.6 Å². The molecule has 0 aromatic heterocycles. The number of anilines is 1. The Morgan fingerprint density at radius 2 is 1.77 bits per heavy atom. The molecule has 8 heteroatoms. The molecule has 0 spiro atoms. The van der Waals surface area contributed by atoms with E-state index in [9.17, 15) is 18.0 Å². The maximum absolute atomic E-state index is 12.9. The zero-order chi connectivity index (χ0) is 19.1. The van der Waals surface area contributed by atoms with E-state index in [2.05, 4.69) is 21.2 Å². The van der Waals surface area contributed by atoms with Crippen molar-refractivity contribution in [3.8, 4) is 11.5 Å². The maximum Gasteiger partial charge on any atom is 0.416 e. The minimum absolute atomic E-state index is 0.127. The molecule has 1 N–H and O–H groups in total. The summed E-state index contributed by atoms with van der Waals surface area (Å²) in [5, 5.41) is 2.47. The van der Waals surface area contributed by atoms with Crippen molar-refractivity contribution in [3.05, 3.63) is 51.5 Å². The topological polar surface area (TPSA) is 47.6 Å². The van der Waals surface area contributed by atoms with Gasteiger partial charge in [0.2, 0.25) is 0 Å². The van der Waals surface area contributed by atoms with Crippen LogP contribution in [0, 0.1) is 0 Å². The Morgan fingerprint density at radius 1 is 1.08 bits per heavy atom. The van der Waals surface area contributed by atoms with Gasteiger partial charge in [0.25, 0.3) is 5.91 Å². The number of fused-ring (bicyclic) bond motifs is 1. The highest BCUT2D eigenvalue weighted by atomic mass is 79.9. The zero-order valence-corrected chi connectivity index (χ0v) is 15.3. The molecule has 4 nitrogen and oxygen atoms in total. The monoisotopic (exact) mass is 427 g/mol. The maximum atomic E-state index is 12.9. The smallest absolute Gasteiger partial charge is 0.416 e. The van der Waals surface area contributed by atoms with Crippen LogP contribution < -0.4 is 14.8 Å². The molecule has 1 aliphatic heterocycles. The molecule has 0 bridgehead atoms. The molecule has 0 radical (unpaired) electrons. The highest BCUT2D eigenvalue weighted by molar-refractivity contribution is 9.10. The first-order valence-corrected chi connectivity index (χ1v) is 8.20. The summed E-state index contributed by atoms with van der Waals surface area (Å²) in [7, 11) is 2.99. The van der Waals surface area contributed by atoms with Crippen LogP contribution >= 0.6 is 15.9 Å². The van der Waals surface area contributed by atoms with Crippen molar-refractivity contribution in [2.24, 2.45) is 0 Å². The lowest BCUT2D eigenvalue weighted by Crippen LogP contribution is -2.06. The van der Waals surface area contributed by atoms with E-state index >= 15 is 0 Å². The summed E-state index contributed by atoms with van der Waals surface area (Å²) in [5.74, 6) is 0.536. The van der Waals surface area contributed by atoms with E-state index in [1.54, 1.807) is 18.2 Å². The summed E-state index contributed by atoms with van der Waals surface area (Å²) in [4.78, 5) is 12.3. The molecule has 0 fully saturated rings. The summed E-state index contributed by atoms with van der Waals surface area (Å²) in [6.45, 7) is 0. The fraction of sp³-hybridized carbons (Fsp3) is 0.167. The number of carbonyl (C=O) groups is 1. The molecule has 0 saturated carbocycles. The van der Waals surface area contributed by atoms with E-state index in [4.69, 9.17) is 9.47 Å². The van der Waals surface area contributed by atoms with Crippen LogP contribution in [-0.4, -0.2) is 20.1 Å². The first-order valence-electron chi connectivity index (χ1n) is 7.40. The van der Waals surface area contributed by atoms with Crippen molar-refractivity contribution >= 4 is 39.2 Å². The number of nitrogens with one attached hydrogen (secondary N) is 1. The summed E-state index contributed by atoms with van der Waals surface area (Å²) in [6, 6.07) is 6.52. The lowest BCUT2D eigenvalue weighted by molar-refractivity contribution is -0.137. The Kier molecular flexibility index (Phi) is 4.70. The van der Waals surface area contributed by atoms with Crippen LogP contribution in [0.5, 0.6) is 11.5 Å². The molecule has 3 rings (SSSR count). The second kappa shape index (κ2) is 6.68. The fourth-order valence-electron chi connectivity index (χ4n) is 2.67. The number of rotatable bonds is 3. The number of alkyl halides is 3. The van der Waals surface area contributed by atoms with Crippen molar-refractivity contribution in [2.45, 2.75) is 6.18 Å². The van der Waals surface area contributed by atoms with Gasteiger partial charge in [-0.1, -0.05) is 6.07 Å². The standard InChI is InChI=1S/C18H13BrF3NO3/c1-25-15-8-16(26-2)13(19)6-9(15)5-12-11-4-3-10(18(20,21)22)7-14(11)23-17(12)24/h3-8H,1-2H3,(H,23,24)/b12-5-.